The third-order valence-corrected chi connectivity index (χ3v) is 22.3. The number of alkyl halides is 3. The summed E-state index contributed by atoms with van der Waals surface area (Å²) in [6.45, 7) is 8.91. The van der Waals surface area contributed by atoms with E-state index in [0.29, 0.717) is 36.9 Å². The average molecular weight is 1360 g/mol. The van der Waals surface area contributed by atoms with E-state index >= 15 is 0 Å². The van der Waals surface area contributed by atoms with E-state index in [-0.39, 0.29) is 59.1 Å². The Balaban J connectivity index is 0.000000133. The normalized spacial score (nSPS) is 43.2. The molecule has 458 valence electrons. The van der Waals surface area contributed by atoms with E-state index in [2.05, 4.69) is 59.8 Å². The molecule has 12 aliphatic rings. The molecule has 0 aromatic carbocycles. The number of rotatable bonds is 15. The molecule has 23 heteroatoms. The first-order valence-corrected chi connectivity index (χ1v) is 32.9. The minimum atomic E-state index is -1.33. The van der Waals surface area contributed by atoms with Crippen LogP contribution >= 0.6 is 50.1 Å². The van der Waals surface area contributed by atoms with E-state index < -0.39 is 105 Å². The van der Waals surface area contributed by atoms with Crippen LogP contribution in [0.4, 0.5) is 0 Å². The van der Waals surface area contributed by atoms with Crippen molar-refractivity contribution in [2.75, 3.05) is 15.6 Å². The van der Waals surface area contributed by atoms with Gasteiger partial charge in [0.2, 0.25) is 45.8 Å². The number of amides is 4. The van der Waals surface area contributed by atoms with E-state index in [9.17, 15) is 58.8 Å². The van der Waals surface area contributed by atoms with Gasteiger partial charge in [-0.1, -0.05) is 94.1 Å². The predicted octanol–water partition coefficient (Wildman–Crippen LogP) is 4.66. The molecule has 0 aromatic rings. The zero-order valence-corrected chi connectivity index (χ0v) is 52.3. The molecule has 0 aromatic heterocycles. The highest BCUT2D eigenvalue weighted by Crippen LogP contribution is 2.57. The molecule has 0 bridgehead atoms. The Morgan fingerprint density at radius 2 is 0.759 bits per heavy atom. The summed E-state index contributed by atoms with van der Waals surface area (Å²) >= 11 is 11.3. The van der Waals surface area contributed by atoms with Crippen LogP contribution < -0.4 is 21.3 Å². The summed E-state index contributed by atoms with van der Waals surface area (Å²) in [5.74, 6) is -4.75. The summed E-state index contributed by atoms with van der Waals surface area (Å²) in [7, 11) is 0. The van der Waals surface area contributed by atoms with Crippen LogP contribution in [0.1, 0.15) is 137 Å². The second kappa shape index (κ2) is 24.0. The molecule has 4 amide bonds. The first kappa shape index (κ1) is 63.6. The SMILES string of the molecule is CC[C@H]1C(=O)N[C@@]2([C@@H](O)[C@@H]3C=CCCC3)C(=O)O[C@@]12C.C[C@@]12OC(=O)[C@]1([C@@H](O)[C@@H]1C=CCCC1)NC(=O)[C@@H]2CCBr.C[C@@]12OC(=O)[C@]1([C@@H](O)[C@@H]1C=CCCC1)NC(=O)[C@@H]2CCCl.C[C@@]12OC(=O)[C@]1([C@@H](O)[C@@H]1C=CCCC1)NC(=O)[C@@H]2CCI. The fourth-order valence-corrected chi connectivity index (χ4v) is 17.3. The van der Waals surface area contributed by atoms with Crippen molar-refractivity contribution < 1.29 is 77.7 Å². The number of nitrogens with one attached hydrogen (secondary N) is 4. The van der Waals surface area contributed by atoms with Crippen molar-refractivity contribution in [3.05, 3.63) is 48.6 Å². The predicted molar refractivity (Wildman–Crippen MR) is 313 cm³/mol. The number of hydrogen-bond acceptors (Lipinski definition) is 16. The van der Waals surface area contributed by atoms with Crippen LogP contribution in [0, 0.1) is 47.3 Å². The van der Waals surface area contributed by atoms with E-state index in [4.69, 9.17) is 30.5 Å². The van der Waals surface area contributed by atoms with Crippen LogP contribution in [0.3, 0.4) is 0 Å². The molecule has 0 unspecified atom stereocenters. The number of fused-ring (bicyclic) bond motifs is 4. The van der Waals surface area contributed by atoms with Gasteiger partial charge in [-0.15, -0.1) is 11.6 Å². The topological polar surface area (TPSA) is 303 Å². The van der Waals surface area contributed by atoms with Crippen molar-refractivity contribution >= 4 is 97.6 Å². The number of hydrogen-bond donors (Lipinski definition) is 8. The molecule has 12 rings (SSSR count). The van der Waals surface area contributed by atoms with Crippen molar-refractivity contribution in [1.29, 1.82) is 0 Å². The highest BCUT2D eigenvalue weighted by Gasteiger charge is 2.83. The van der Waals surface area contributed by atoms with Gasteiger partial charge < -0.3 is 60.6 Å². The molecule has 8 aliphatic heterocycles. The molecule has 8 saturated heterocycles. The molecule has 0 spiro atoms. The molecule has 0 saturated carbocycles. The summed E-state index contributed by atoms with van der Waals surface area (Å²) in [4.78, 5) is 97.6. The van der Waals surface area contributed by atoms with Crippen molar-refractivity contribution in [3.8, 4) is 0 Å². The lowest BCUT2D eigenvalue weighted by Gasteiger charge is -2.54. The second-order valence-electron chi connectivity index (χ2n) is 25.1. The Kier molecular flexibility index (Phi) is 18.4. The molecular weight excluding hydrogens is 1270 g/mol. The number of halogens is 3. The van der Waals surface area contributed by atoms with Gasteiger partial charge in [0.25, 0.3) is 0 Å². The Labute approximate surface area is 511 Å². The Morgan fingerprint density at radius 1 is 0.494 bits per heavy atom. The molecule has 8 fully saturated rings. The van der Waals surface area contributed by atoms with Crippen LogP contribution in [-0.2, 0) is 57.3 Å². The van der Waals surface area contributed by atoms with Gasteiger partial charge in [-0.05, 0) is 130 Å². The summed E-state index contributed by atoms with van der Waals surface area (Å²) in [6.07, 6.45) is 25.6. The van der Waals surface area contributed by atoms with Crippen molar-refractivity contribution in [3.63, 3.8) is 0 Å². The standard InChI is InChI=1S/C15H20BrNO4.C15H20ClNO4.C15H20INO4.C15H21NO4/c3*1-14-10(7-8-16)12(19)17-15(14,13(20)21-14)11(18)9-5-3-2-4-6-9;1-3-10-12(18)16-15(13(19)20-14(10,15)2)11(17)9-7-5-4-6-8-9/h3*3,5,9-11,18H,2,4,6-8H2,1H3,(H,17,19);5,7,9-11,17H,3-4,6,8H2,1-2H3,(H,16,18)/t4*9-,10+,11+,14+,15+/m1111/s1. The summed E-state index contributed by atoms with van der Waals surface area (Å²) in [5.41, 5.74) is -8.99. The fraction of sp³-hybridized carbons (Fsp3) is 0.733. The number of carbonyl (C=O) groups is 8. The number of aliphatic hydroxyl groups excluding tert-OH is 4. The van der Waals surface area contributed by atoms with Gasteiger partial charge in [0.1, 0.15) is 0 Å². The molecule has 83 heavy (non-hydrogen) atoms. The zero-order valence-electron chi connectivity index (χ0n) is 47.8. The van der Waals surface area contributed by atoms with Crippen molar-refractivity contribution in [2.24, 2.45) is 47.3 Å². The van der Waals surface area contributed by atoms with Crippen molar-refractivity contribution in [2.45, 2.75) is 206 Å². The van der Waals surface area contributed by atoms with Gasteiger partial charge in [0, 0.05) is 39.3 Å². The fourth-order valence-electron chi connectivity index (χ4n) is 16.0. The molecule has 8 heterocycles. The lowest BCUT2D eigenvalue weighted by Crippen LogP contribution is -2.80. The van der Waals surface area contributed by atoms with Crippen LogP contribution in [0.5, 0.6) is 0 Å². The van der Waals surface area contributed by atoms with Crippen LogP contribution in [0.2, 0.25) is 0 Å². The second-order valence-corrected chi connectivity index (χ2v) is 27.3. The molecule has 20 nitrogen and oxygen atoms in total. The Hall–Kier alpha value is -3.94. The maximum absolute atomic E-state index is 12.3. The average Bonchev–Trinajstić information content (AvgIpc) is 1.68. The van der Waals surface area contributed by atoms with Crippen molar-refractivity contribution in [1.82, 2.24) is 21.3 Å². The van der Waals surface area contributed by atoms with E-state index in [0.717, 1.165) is 81.5 Å². The minimum Gasteiger partial charge on any atom is -0.453 e. The number of esters is 4. The Bertz CT molecular complexity index is 2520. The maximum atomic E-state index is 12.3. The van der Waals surface area contributed by atoms with E-state index in [1.165, 1.54) is 0 Å². The summed E-state index contributed by atoms with van der Waals surface area (Å²) < 4.78 is 22.2. The smallest absolute Gasteiger partial charge is 0.339 e. The summed E-state index contributed by atoms with van der Waals surface area (Å²) in [6, 6.07) is 0. The third kappa shape index (κ3) is 9.41. The first-order valence-electron chi connectivity index (χ1n) is 29.7. The lowest BCUT2D eigenvalue weighted by molar-refractivity contribution is -0.239. The third-order valence-electron chi connectivity index (χ3n) is 21.0. The molecular formula is C60H81BrClIN4O16. The minimum absolute atomic E-state index is 0.105. The number of allylic oxidation sites excluding steroid dienone is 4. The quantitative estimate of drug-likeness (QED) is 0.0363. The van der Waals surface area contributed by atoms with Crippen LogP contribution in [-0.4, -0.2) is 153 Å². The van der Waals surface area contributed by atoms with Gasteiger partial charge in [-0.25, -0.2) is 19.2 Å². The number of carbonyl (C=O) groups excluding carboxylic acids is 8. The number of ether oxygens (including phenoxy) is 4. The Morgan fingerprint density at radius 3 is 0.988 bits per heavy atom. The van der Waals surface area contributed by atoms with Gasteiger partial charge in [0.05, 0.1) is 48.1 Å². The summed E-state index contributed by atoms with van der Waals surface area (Å²) in [5, 5.41) is 54.9. The molecule has 0 radical (unpaired) electrons. The molecule has 4 aliphatic carbocycles. The van der Waals surface area contributed by atoms with Gasteiger partial charge in [-0.3, -0.25) is 19.2 Å². The lowest BCUT2D eigenvalue weighted by atomic mass is 9.64. The van der Waals surface area contributed by atoms with Gasteiger partial charge in [0.15, 0.2) is 22.4 Å². The number of aliphatic hydroxyl groups is 4. The monoisotopic (exact) mass is 1350 g/mol. The van der Waals surface area contributed by atoms with Gasteiger partial charge in [-0.2, -0.15) is 0 Å². The highest BCUT2D eigenvalue weighted by molar-refractivity contribution is 14.1. The first-order chi connectivity index (χ1) is 39.4. The largest absolute Gasteiger partial charge is 0.453 e. The maximum Gasteiger partial charge on any atom is 0.339 e. The van der Waals surface area contributed by atoms with Crippen LogP contribution in [0.25, 0.3) is 0 Å². The molecule has 8 N–H and O–H groups in total. The van der Waals surface area contributed by atoms with E-state index in [1.807, 2.05) is 55.5 Å². The molecule has 20 atom stereocenters. The zero-order chi connectivity index (χ0) is 60.3. The highest BCUT2D eigenvalue weighted by atomic mass is 127. The van der Waals surface area contributed by atoms with Gasteiger partial charge >= 0.3 is 23.9 Å². The van der Waals surface area contributed by atoms with E-state index in [1.54, 1.807) is 27.7 Å². The van der Waals surface area contributed by atoms with Crippen LogP contribution in [0.15, 0.2) is 48.6 Å².